The van der Waals surface area contributed by atoms with Crippen molar-refractivity contribution in [3.05, 3.63) is 94.7 Å². The van der Waals surface area contributed by atoms with Crippen molar-refractivity contribution in [2.75, 3.05) is 11.5 Å². The number of aryl methyl sites for hydroxylation is 1. The smallest absolute Gasteiger partial charge is 0.335 e. The molecule has 1 atom stereocenters. The number of phenolic OH excluding ortho intramolecular Hbond substituents is 1. The lowest BCUT2D eigenvalue weighted by Gasteiger charge is -2.27. The van der Waals surface area contributed by atoms with Gasteiger partial charge in [-0.05, 0) is 55.8 Å². The average molecular weight is 469 g/mol. The van der Waals surface area contributed by atoms with Gasteiger partial charge in [0, 0.05) is 16.8 Å². The normalized spacial score (nSPS) is 14.7. The third kappa shape index (κ3) is 3.78. The van der Waals surface area contributed by atoms with Crippen molar-refractivity contribution >= 4 is 17.6 Å². The summed E-state index contributed by atoms with van der Waals surface area (Å²) in [6.45, 7) is 4.19. The molecular formula is C27H23N3O5. The van der Waals surface area contributed by atoms with Gasteiger partial charge in [-0.1, -0.05) is 35.9 Å². The van der Waals surface area contributed by atoms with E-state index in [4.69, 9.17) is 4.74 Å². The number of carbonyl (C=O) groups excluding carboxylic acids is 1. The fraction of sp³-hybridized carbons (Fsp3) is 0.148. The molecule has 0 spiro atoms. The number of nitrogens with zero attached hydrogens (tertiary/aromatic N) is 2. The molecule has 1 aliphatic rings. The number of hydrogen-bond donors (Lipinski definition) is 3. The van der Waals surface area contributed by atoms with Crippen LogP contribution in [0.1, 0.15) is 50.5 Å². The van der Waals surface area contributed by atoms with E-state index >= 15 is 0 Å². The van der Waals surface area contributed by atoms with Crippen molar-refractivity contribution in [1.29, 1.82) is 0 Å². The summed E-state index contributed by atoms with van der Waals surface area (Å²) in [7, 11) is 0. The van der Waals surface area contributed by atoms with Crippen LogP contribution in [0.15, 0.2) is 66.7 Å². The van der Waals surface area contributed by atoms with Crippen molar-refractivity contribution in [1.82, 2.24) is 10.2 Å². The van der Waals surface area contributed by atoms with E-state index in [1.165, 1.54) is 12.1 Å². The van der Waals surface area contributed by atoms with Gasteiger partial charge in [0.05, 0.1) is 23.9 Å². The van der Waals surface area contributed by atoms with Gasteiger partial charge < -0.3 is 14.9 Å². The van der Waals surface area contributed by atoms with Gasteiger partial charge in [-0.3, -0.25) is 14.8 Å². The molecule has 0 aliphatic carbocycles. The van der Waals surface area contributed by atoms with Gasteiger partial charge in [0.15, 0.2) is 11.5 Å². The van der Waals surface area contributed by atoms with Crippen LogP contribution in [0.5, 0.6) is 11.5 Å². The van der Waals surface area contributed by atoms with E-state index in [-0.39, 0.29) is 17.2 Å². The predicted molar refractivity (Wildman–Crippen MR) is 130 cm³/mol. The molecule has 2 heterocycles. The molecule has 0 saturated heterocycles. The maximum absolute atomic E-state index is 13.6. The second kappa shape index (κ2) is 8.64. The molecule has 3 N–H and O–H groups in total. The molecule has 5 rings (SSSR count). The number of benzene rings is 3. The Morgan fingerprint density at radius 2 is 1.80 bits per heavy atom. The Morgan fingerprint density at radius 3 is 2.46 bits per heavy atom. The molecule has 1 amide bonds. The fourth-order valence-electron chi connectivity index (χ4n) is 4.40. The summed E-state index contributed by atoms with van der Waals surface area (Å²) in [5.41, 5.74) is 5.06. The van der Waals surface area contributed by atoms with Crippen LogP contribution in [0, 0.1) is 6.92 Å². The first-order valence-electron chi connectivity index (χ1n) is 11.2. The maximum atomic E-state index is 13.6. The molecule has 3 aromatic carbocycles. The lowest BCUT2D eigenvalue weighted by Crippen LogP contribution is -2.29. The SMILES string of the molecule is CCOc1cc(C2c3c(-c4ccc(C)cc4)n[nH]c3C(=O)N2c2ccc(C(=O)O)cc2)ccc1O. The lowest BCUT2D eigenvalue weighted by molar-refractivity contribution is 0.0696. The number of nitrogens with one attached hydrogen (secondary N) is 1. The van der Waals surface area contributed by atoms with Gasteiger partial charge in [-0.15, -0.1) is 0 Å². The van der Waals surface area contributed by atoms with E-state index < -0.39 is 12.0 Å². The minimum atomic E-state index is -1.04. The van der Waals surface area contributed by atoms with Crippen LogP contribution in [-0.2, 0) is 0 Å². The van der Waals surface area contributed by atoms with Crippen LogP contribution >= 0.6 is 0 Å². The zero-order valence-electron chi connectivity index (χ0n) is 19.1. The minimum Gasteiger partial charge on any atom is -0.504 e. The van der Waals surface area contributed by atoms with E-state index in [1.807, 2.05) is 38.1 Å². The highest BCUT2D eigenvalue weighted by atomic mass is 16.5. The van der Waals surface area contributed by atoms with Gasteiger partial charge in [0.2, 0.25) is 0 Å². The Hall–Kier alpha value is -4.59. The highest BCUT2D eigenvalue weighted by Crippen LogP contribution is 2.46. The number of aromatic nitrogens is 2. The number of hydrogen-bond acceptors (Lipinski definition) is 5. The molecule has 1 aromatic heterocycles. The minimum absolute atomic E-state index is 0.00320. The van der Waals surface area contributed by atoms with Gasteiger partial charge >= 0.3 is 5.97 Å². The Kier molecular flexibility index (Phi) is 5.49. The van der Waals surface area contributed by atoms with Crippen molar-refractivity contribution in [2.45, 2.75) is 19.9 Å². The monoisotopic (exact) mass is 469 g/mol. The summed E-state index contributed by atoms with van der Waals surface area (Å²) in [5, 5.41) is 26.9. The van der Waals surface area contributed by atoms with Gasteiger partial charge in [-0.2, -0.15) is 5.10 Å². The zero-order valence-corrected chi connectivity index (χ0v) is 19.1. The first-order chi connectivity index (χ1) is 16.9. The number of carbonyl (C=O) groups is 2. The van der Waals surface area contributed by atoms with E-state index in [0.29, 0.717) is 35.0 Å². The quantitative estimate of drug-likeness (QED) is 0.368. The summed E-state index contributed by atoms with van der Waals surface area (Å²) in [6, 6.07) is 18.5. The second-order valence-electron chi connectivity index (χ2n) is 8.32. The van der Waals surface area contributed by atoms with E-state index in [1.54, 1.807) is 35.2 Å². The van der Waals surface area contributed by atoms with Gasteiger partial charge in [0.25, 0.3) is 5.91 Å². The molecule has 1 aliphatic heterocycles. The number of phenols is 1. The topological polar surface area (TPSA) is 116 Å². The fourth-order valence-corrected chi connectivity index (χ4v) is 4.40. The molecule has 0 fully saturated rings. The van der Waals surface area contributed by atoms with Gasteiger partial charge in [-0.25, -0.2) is 4.79 Å². The largest absolute Gasteiger partial charge is 0.504 e. The molecule has 176 valence electrons. The second-order valence-corrected chi connectivity index (χ2v) is 8.32. The lowest BCUT2D eigenvalue weighted by atomic mass is 9.95. The van der Waals surface area contributed by atoms with Crippen LogP contribution < -0.4 is 9.64 Å². The molecule has 8 heteroatoms. The predicted octanol–water partition coefficient (Wildman–Crippen LogP) is 4.94. The number of ether oxygens (including phenoxy) is 1. The van der Waals surface area contributed by atoms with Crippen LogP contribution in [0.25, 0.3) is 11.3 Å². The summed E-state index contributed by atoms with van der Waals surface area (Å²) in [5.74, 6) is -1.02. The third-order valence-electron chi connectivity index (χ3n) is 6.09. The number of H-pyrrole nitrogens is 1. The van der Waals surface area contributed by atoms with E-state index in [9.17, 15) is 19.8 Å². The number of carboxylic acid groups (broad SMARTS) is 1. The first-order valence-corrected chi connectivity index (χ1v) is 11.2. The highest BCUT2D eigenvalue weighted by Gasteiger charge is 2.43. The number of anilines is 1. The maximum Gasteiger partial charge on any atom is 0.335 e. The number of aromatic carboxylic acids is 1. The van der Waals surface area contributed by atoms with Crippen LogP contribution in [-0.4, -0.2) is 38.9 Å². The first kappa shape index (κ1) is 22.2. The molecule has 0 bridgehead atoms. The molecule has 8 nitrogen and oxygen atoms in total. The van der Waals surface area contributed by atoms with E-state index in [2.05, 4.69) is 10.2 Å². The average Bonchev–Trinajstić information content (AvgIpc) is 3.40. The Labute approximate surface area is 201 Å². The molecule has 1 unspecified atom stereocenters. The summed E-state index contributed by atoms with van der Waals surface area (Å²) in [6.07, 6.45) is 0. The molecule has 0 saturated carbocycles. The van der Waals surface area contributed by atoms with Crippen molar-refractivity contribution in [2.24, 2.45) is 0 Å². The Morgan fingerprint density at radius 1 is 1.09 bits per heavy atom. The van der Waals surface area contributed by atoms with E-state index in [0.717, 1.165) is 16.7 Å². The summed E-state index contributed by atoms with van der Waals surface area (Å²) < 4.78 is 5.60. The standard InChI is InChI=1S/C27H23N3O5/c1-3-35-21-14-18(10-13-20(21)31)25-22-23(16-6-4-15(2)5-7-16)28-29-24(22)26(32)30(25)19-11-8-17(9-12-19)27(33)34/h4-14,25,31H,3H2,1-2H3,(H,28,29)(H,33,34). The molecule has 35 heavy (non-hydrogen) atoms. The van der Waals surface area contributed by atoms with Gasteiger partial charge in [0.1, 0.15) is 5.69 Å². The van der Waals surface area contributed by atoms with Crippen LogP contribution in [0.2, 0.25) is 0 Å². The number of fused-ring (bicyclic) bond motifs is 1. The summed E-state index contributed by atoms with van der Waals surface area (Å²) >= 11 is 0. The van der Waals surface area contributed by atoms with Crippen molar-refractivity contribution < 1.29 is 24.5 Å². The highest BCUT2D eigenvalue weighted by molar-refractivity contribution is 6.12. The molecule has 0 radical (unpaired) electrons. The Bertz CT molecular complexity index is 1420. The molecule has 4 aromatic rings. The van der Waals surface area contributed by atoms with Crippen LogP contribution in [0.4, 0.5) is 5.69 Å². The van der Waals surface area contributed by atoms with Crippen molar-refractivity contribution in [3.63, 3.8) is 0 Å². The number of aromatic hydroxyl groups is 1. The molecular weight excluding hydrogens is 446 g/mol. The number of carboxylic acids is 1. The number of aromatic amines is 1. The van der Waals surface area contributed by atoms with Crippen molar-refractivity contribution in [3.8, 4) is 22.8 Å². The Balaban J connectivity index is 1.70. The number of rotatable bonds is 6. The third-order valence-corrected chi connectivity index (χ3v) is 6.09. The zero-order chi connectivity index (χ0) is 24.7. The summed E-state index contributed by atoms with van der Waals surface area (Å²) in [4.78, 5) is 26.6. The number of amides is 1. The van der Waals surface area contributed by atoms with Crippen LogP contribution in [0.3, 0.4) is 0 Å².